The average molecular weight is 287 g/mol. The third kappa shape index (κ3) is 2.60. The standard InChI is InChI=1S/C16H21N3O2/c1-11-17-13-7-5-6-8-14(13)19(11)12-9-18(10-12)15(20)21-16(2,3)4/h5-8,12H,9-10H2,1-4H3. The first kappa shape index (κ1) is 13.9. The van der Waals surface area contributed by atoms with Crippen LogP contribution in [0.4, 0.5) is 4.79 Å². The lowest BCUT2D eigenvalue weighted by Gasteiger charge is -2.41. The number of para-hydroxylation sites is 2. The molecule has 1 aromatic carbocycles. The van der Waals surface area contributed by atoms with E-state index < -0.39 is 5.60 Å². The van der Waals surface area contributed by atoms with Gasteiger partial charge in [-0.05, 0) is 39.8 Å². The van der Waals surface area contributed by atoms with Crippen molar-refractivity contribution < 1.29 is 9.53 Å². The lowest BCUT2D eigenvalue weighted by atomic mass is 10.1. The summed E-state index contributed by atoms with van der Waals surface area (Å²) >= 11 is 0. The fourth-order valence-electron chi connectivity index (χ4n) is 2.72. The fourth-order valence-corrected chi connectivity index (χ4v) is 2.72. The van der Waals surface area contributed by atoms with E-state index in [9.17, 15) is 4.79 Å². The highest BCUT2D eigenvalue weighted by molar-refractivity contribution is 5.76. The van der Waals surface area contributed by atoms with Gasteiger partial charge in [0.15, 0.2) is 0 Å². The molecule has 1 fully saturated rings. The number of hydrogen-bond donors (Lipinski definition) is 0. The molecule has 5 heteroatoms. The number of rotatable bonds is 1. The Morgan fingerprint density at radius 3 is 2.62 bits per heavy atom. The van der Waals surface area contributed by atoms with E-state index in [1.54, 1.807) is 4.90 Å². The van der Waals surface area contributed by atoms with Crippen LogP contribution in [0.3, 0.4) is 0 Å². The molecule has 0 unspecified atom stereocenters. The normalized spacial score (nSPS) is 16.1. The molecule has 1 amide bonds. The molecule has 0 bridgehead atoms. The van der Waals surface area contributed by atoms with Gasteiger partial charge in [0.2, 0.25) is 0 Å². The number of ether oxygens (including phenoxy) is 1. The van der Waals surface area contributed by atoms with E-state index in [-0.39, 0.29) is 12.1 Å². The van der Waals surface area contributed by atoms with Crippen molar-refractivity contribution in [2.75, 3.05) is 13.1 Å². The van der Waals surface area contributed by atoms with Crippen LogP contribution in [-0.2, 0) is 4.74 Å². The lowest BCUT2D eigenvalue weighted by Crippen LogP contribution is -2.52. The number of aryl methyl sites for hydroxylation is 1. The highest BCUT2D eigenvalue weighted by atomic mass is 16.6. The lowest BCUT2D eigenvalue weighted by molar-refractivity contribution is 0.00128. The predicted octanol–water partition coefficient (Wildman–Crippen LogP) is 3.14. The first-order valence-electron chi connectivity index (χ1n) is 7.26. The highest BCUT2D eigenvalue weighted by Crippen LogP contribution is 2.28. The number of nitrogens with zero attached hydrogens (tertiary/aromatic N) is 3. The molecule has 0 aliphatic carbocycles. The third-order valence-electron chi connectivity index (χ3n) is 3.65. The van der Waals surface area contributed by atoms with Crippen LogP contribution in [0.1, 0.15) is 32.6 Å². The second-order valence-electron chi connectivity index (χ2n) is 6.56. The summed E-state index contributed by atoms with van der Waals surface area (Å²) in [6, 6.07) is 8.39. The zero-order valence-corrected chi connectivity index (χ0v) is 13.0. The minimum Gasteiger partial charge on any atom is -0.444 e. The number of likely N-dealkylation sites (tertiary alicyclic amines) is 1. The molecular weight excluding hydrogens is 266 g/mol. The van der Waals surface area contributed by atoms with Gasteiger partial charge < -0.3 is 14.2 Å². The van der Waals surface area contributed by atoms with Crippen LogP contribution in [0.5, 0.6) is 0 Å². The molecule has 1 saturated heterocycles. The molecule has 5 nitrogen and oxygen atoms in total. The van der Waals surface area contributed by atoms with E-state index in [1.165, 1.54) is 0 Å². The Labute approximate surface area is 124 Å². The van der Waals surface area contributed by atoms with E-state index in [0.717, 1.165) is 16.9 Å². The van der Waals surface area contributed by atoms with Crippen molar-refractivity contribution >= 4 is 17.1 Å². The van der Waals surface area contributed by atoms with E-state index in [1.807, 2.05) is 45.9 Å². The summed E-state index contributed by atoms with van der Waals surface area (Å²) in [7, 11) is 0. The number of fused-ring (bicyclic) bond motifs is 1. The zero-order chi connectivity index (χ0) is 15.2. The molecule has 0 spiro atoms. The first-order valence-corrected chi connectivity index (χ1v) is 7.26. The zero-order valence-electron chi connectivity index (χ0n) is 13.0. The molecule has 0 saturated carbocycles. The van der Waals surface area contributed by atoms with Gasteiger partial charge in [-0.3, -0.25) is 0 Å². The number of carbonyl (C=O) groups is 1. The number of aromatic nitrogens is 2. The molecule has 0 N–H and O–H groups in total. The molecule has 1 aliphatic rings. The van der Waals surface area contributed by atoms with E-state index >= 15 is 0 Å². The molecule has 112 valence electrons. The monoisotopic (exact) mass is 287 g/mol. The topological polar surface area (TPSA) is 47.4 Å². The molecule has 2 aromatic rings. The predicted molar refractivity (Wildman–Crippen MR) is 81.3 cm³/mol. The van der Waals surface area contributed by atoms with Crippen LogP contribution in [-0.4, -0.2) is 39.2 Å². The van der Waals surface area contributed by atoms with Crippen molar-refractivity contribution in [1.82, 2.24) is 14.5 Å². The maximum absolute atomic E-state index is 12.0. The summed E-state index contributed by atoms with van der Waals surface area (Å²) < 4.78 is 7.61. The number of hydrogen-bond acceptors (Lipinski definition) is 3. The largest absolute Gasteiger partial charge is 0.444 e. The van der Waals surface area contributed by atoms with Gasteiger partial charge in [-0.1, -0.05) is 12.1 Å². The summed E-state index contributed by atoms with van der Waals surface area (Å²) in [6.07, 6.45) is -0.235. The van der Waals surface area contributed by atoms with Crippen LogP contribution >= 0.6 is 0 Å². The fraction of sp³-hybridized carbons (Fsp3) is 0.500. The van der Waals surface area contributed by atoms with E-state index in [2.05, 4.69) is 15.6 Å². The SMILES string of the molecule is Cc1nc2ccccc2n1C1CN(C(=O)OC(C)(C)C)C1. The summed E-state index contributed by atoms with van der Waals surface area (Å²) in [6.45, 7) is 9.02. The van der Waals surface area contributed by atoms with Gasteiger partial charge >= 0.3 is 6.09 Å². The van der Waals surface area contributed by atoms with Gasteiger partial charge in [0.1, 0.15) is 11.4 Å². The second kappa shape index (κ2) is 4.76. The van der Waals surface area contributed by atoms with Crippen molar-refractivity contribution in [3.63, 3.8) is 0 Å². The van der Waals surface area contributed by atoms with Crippen LogP contribution < -0.4 is 0 Å². The minimum absolute atomic E-state index is 0.235. The molecule has 1 aliphatic heterocycles. The van der Waals surface area contributed by atoms with Gasteiger partial charge in [0, 0.05) is 13.1 Å². The van der Waals surface area contributed by atoms with E-state index in [0.29, 0.717) is 13.1 Å². The van der Waals surface area contributed by atoms with Gasteiger partial charge in [-0.2, -0.15) is 0 Å². The highest BCUT2D eigenvalue weighted by Gasteiger charge is 2.35. The molecule has 1 aromatic heterocycles. The van der Waals surface area contributed by atoms with Crippen molar-refractivity contribution in [2.45, 2.75) is 39.3 Å². The Hall–Kier alpha value is -2.04. The molecule has 2 heterocycles. The van der Waals surface area contributed by atoms with Crippen molar-refractivity contribution in [2.24, 2.45) is 0 Å². The molecule has 0 atom stereocenters. The summed E-state index contributed by atoms with van der Waals surface area (Å²) in [5.74, 6) is 0.991. The van der Waals surface area contributed by atoms with Crippen molar-refractivity contribution in [3.05, 3.63) is 30.1 Å². The third-order valence-corrected chi connectivity index (χ3v) is 3.65. The van der Waals surface area contributed by atoms with Gasteiger partial charge in [-0.15, -0.1) is 0 Å². The molecule has 0 radical (unpaired) electrons. The molecule has 21 heavy (non-hydrogen) atoms. The second-order valence-corrected chi connectivity index (χ2v) is 6.56. The first-order chi connectivity index (χ1) is 9.85. The van der Waals surface area contributed by atoms with Crippen LogP contribution in [0.15, 0.2) is 24.3 Å². The maximum Gasteiger partial charge on any atom is 0.410 e. The Bertz CT molecular complexity index is 678. The number of imidazole rings is 1. The Morgan fingerprint density at radius 2 is 1.95 bits per heavy atom. The van der Waals surface area contributed by atoms with Crippen LogP contribution in [0.2, 0.25) is 0 Å². The average Bonchev–Trinajstić information content (AvgIpc) is 2.62. The van der Waals surface area contributed by atoms with Crippen LogP contribution in [0, 0.1) is 6.92 Å². The number of amides is 1. The molecular formula is C16H21N3O2. The Morgan fingerprint density at radius 1 is 1.29 bits per heavy atom. The number of carbonyl (C=O) groups excluding carboxylic acids is 1. The Kier molecular flexibility index (Phi) is 3.15. The maximum atomic E-state index is 12.0. The van der Waals surface area contributed by atoms with Crippen molar-refractivity contribution in [1.29, 1.82) is 0 Å². The summed E-state index contributed by atoms with van der Waals surface area (Å²) in [5, 5.41) is 0. The van der Waals surface area contributed by atoms with Gasteiger partial charge in [-0.25, -0.2) is 9.78 Å². The van der Waals surface area contributed by atoms with E-state index in [4.69, 9.17) is 4.74 Å². The van der Waals surface area contributed by atoms with Crippen molar-refractivity contribution in [3.8, 4) is 0 Å². The van der Waals surface area contributed by atoms with Crippen LogP contribution in [0.25, 0.3) is 11.0 Å². The van der Waals surface area contributed by atoms with Gasteiger partial charge in [0.05, 0.1) is 17.1 Å². The Balaban J connectivity index is 1.73. The smallest absolute Gasteiger partial charge is 0.410 e. The molecule has 3 rings (SSSR count). The minimum atomic E-state index is -0.445. The number of benzene rings is 1. The summed E-state index contributed by atoms with van der Waals surface area (Å²) in [5.41, 5.74) is 1.69. The quantitative estimate of drug-likeness (QED) is 0.809. The van der Waals surface area contributed by atoms with Gasteiger partial charge in [0.25, 0.3) is 0 Å². The summed E-state index contributed by atoms with van der Waals surface area (Å²) in [4.78, 5) is 18.3.